The van der Waals surface area contributed by atoms with Gasteiger partial charge in [0.2, 0.25) is 10.0 Å². The average molecular weight is 309 g/mol. The first-order valence-corrected chi connectivity index (χ1v) is 8.23. The standard InChI is InChI=1S/C11H13F2NO3S2/c12-9-5-8(7-15)6-10(11(9)13)19(16,17)14-1-3-18-4-2-14/h5-6,15H,1-4,7H2. The predicted molar refractivity (Wildman–Crippen MR) is 68.4 cm³/mol. The Balaban J connectivity index is 2.47. The van der Waals surface area contributed by atoms with E-state index in [2.05, 4.69) is 0 Å². The molecule has 0 aliphatic carbocycles. The molecule has 1 aliphatic heterocycles. The average Bonchev–Trinajstić information content (AvgIpc) is 2.42. The molecule has 106 valence electrons. The summed E-state index contributed by atoms with van der Waals surface area (Å²) >= 11 is 1.61. The number of rotatable bonds is 3. The maximum absolute atomic E-state index is 13.7. The van der Waals surface area contributed by atoms with Gasteiger partial charge in [-0.05, 0) is 17.7 Å². The van der Waals surface area contributed by atoms with Crippen molar-refractivity contribution >= 4 is 21.8 Å². The van der Waals surface area contributed by atoms with Gasteiger partial charge < -0.3 is 5.11 Å². The number of halogens is 2. The molecule has 1 aromatic rings. The highest BCUT2D eigenvalue weighted by Gasteiger charge is 2.30. The first kappa shape index (κ1) is 14.7. The van der Waals surface area contributed by atoms with Crippen LogP contribution in [0.2, 0.25) is 0 Å². The molecule has 1 fully saturated rings. The van der Waals surface area contributed by atoms with Crippen molar-refractivity contribution in [3.63, 3.8) is 0 Å². The van der Waals surface area contributed by atoms with Crippen molar-refractivity contribution in [2.45, 2.75) is 11.5 Å². The van der Waals surface area contributed by atoms with E-state index in [1.54, 1.807) is 11.8 Å². The second-order valence-electron chi connectivity index (χ2n) is 4.06. The summed E-state index contributed by atoms with van der Waals surface area (Å²) in [7, 11) is -4.05. The molecule has 1 aliphatic rings. The Kier molecular flexibility index (Phi) is 4.44. The molecule has 1 N–H and O–H groups in total. The molecular weight excluding hydrogens is 296 g/mol. The third-order valence-corrected chi connectivity index (χ3v) is 5.67. The first-order chi connectivity index (χ1) is 8.96. The van der Waals surface area contributed by atoms with Crippen molar-refractivity contribution in [1.82, 2.24) is 4.31 Å². The Labute approximate surface area is 114 Å². The van der Waals surface area contributed by atoms with E-state index in [1.807, 2.05) is 0 Å². The minimum Gasteiger partial charge on any atom is -0.392 e. The molecule has 0 atom stereocenters. The molecule has 4 nitrogen and oxygen atoms in total. The SMILES string of the molecule is O=S(=O)(c1cc(CO)cc(F)c1F)N1CCSCC1. The maximum Gasteiger partial charge on any atom is 0.246 e. The van der Waals surface area contributed by atoms with Gasteiger partial charge in [0.1, 0.15) is 4.90 Å². The highest BCUT2D eigenvalue weighted by Crippen LogP contribution is 2.25. The smallest absolute Gasteiger partial charge is 0.246 e. The van der Waals surface area contributed by atoms with Crippen LogP contribution in [0, 0.1) is 11.6 Å². The van der Waals surface area contributed by atoms with Gasteiger partial charge in [-0.15, -0.1) is 0 Å². The van der Waals surface area contributed by atoms with E-state index in [0.29, 0.717) is 11.5 Å². The van der Waals surface area contributed by atoms with E-state index in [9.17, 15) is 17.2 Å². The number of aliphatic hydroxyl groups is 1. The monoisotopic (exact) mass is 309 g/mol. The second-order valence-corrected chi connectivity index (χ2v) is 7.20. The molecular formula is C11H13F2NO3S2. The molecule has 1 heterocycles. The van der Waals surface area contributed by atoms with Crippen molar-refractivity contribution < 1.29 is 22.3 Å². The van der Waals surface area contributed by atoms with Crippen LogP contribution in [-0.2, 0) is 16.6 Å². The van der Waals surface area contributed by atoms with Gasteiger partial charge in [-0.1, -0.05) is 0 Å². The fourth-order valence-corrected chi connectivity index (χ4v) is 4.52. The fraction of sp³-hybridized carbons (Fsp3) is 0.455. The van der Waals surface area contributed by atoms with Crippen LogP contribution >= 0.6 is 11.8 Å². The fourth-order valence-electron chi connectivity index (χ4n) is 1.82. The van der Waals surface area contributed by atoms with E-state index >= 15 is 0 Å². The minimum atomic E-state index is -4.05. The van der Waals surface area contributed by atoms with Crippen molar-refractivity contribution in [3.05, 3.63) is 29.3 Å². The molecule has 0 amide bonds. The number of sulfonamides is 1. The van der Waals surface area contributed by atoms with Crippen LogP contribution in [0.5, 0.6) is 0 Å². The van der Waals surface area contributed by atoms with Crippen LogP contribution in [0.4, 0.5) is 8.78 Å². The van der Waals surface area contributed by atoms with E-state index in [-0.39, 0.29) is 18.7 Å². The van der Waals surface area contributed by atoms with E-state index in [1.165, 1.54) is 0 Å². The van der Waals surface area contributed by atoms with Crippen molar-refractivity contribution in [1.29, 1.82) is 0 Å². The third kappa shape index (κ3) is 2.91. The van der Waals surface area contributed by atoms with Crippen LogP contribution < -0.4 is 0 Å². The molecule has 0 radical (unpaired) electrons. The lowest BCUT2D eigenvalue weighted by Gasteiger charge is -2.26. The summed E-state index contributed by atoms with van der Waals surface area (Å²) in [6.45, 7) is 0.00436. The number of hydrogen-bond acceptors (Lipinski definition) is 4. The van der Waals surface area contributed by atoms with Crippen LogP contribution in [0.3, 0.4) is 0 Å². The normalized spacial score (nSPS) is 17.6. The summed E-state index contributed by atoms with van der Waals surface area (Å²) < 4.78 is 52.7. The van der Waals surface area contributed by atoms with Gasteiger partial charge in [-0.2, -0.15) is 16.1 Å². The molecule has 2 rings (SSSR count). The van der Waals surface area contributed by atoms with Gasteiger partial charge in [0.15, 0.2) is 11.6 Å². The number of benzene rings is 1. The summed E-state index contributed by atoms with van der Waals surface area (Å²) in [5.74, 6) is -1.40. The molecule has 0 unspecified atom stereocenters. The first-order valence-electron chi connectivity index (χ1n) is 5.63. The predicted octanol–water partition coefficient (Wildman–Crippen LogP) is 1.19. The Bertz CT molecular complexity index is 572. The molecule has 1 saturated heterocycles. The molecule has 0 saturated carbocycles. The lowest BCUT2D eigenvalue weighted by molar-refractivity contribution is 0.280. The van der Waals surface area contributed by atoms with Gasteiger partial charge in [0.25, 0.3) is 0 Å². The number of hydrogen-bond donors (Lipinski definition) is 1. The van der Waals surface area contributed by atoms with Crippen molar-refractivity contribution in [2.24, 2.45) is 0 Å². The summed E-state index contributed by atoms with van der Waals surface area (Å²) in [6.07, 6.45) is 0. The molecule has 0 bridgehead atoms. The van der Waals surface area contributed by atoms with Crippen LogP contribution in [0.1, 0.15) is 5.56 Å². The van der Waals surface area contributed by atoms with Gasteiger partial charge in [-0.3, -0.25) is 0 Å². The number of nitrogens with zero attached hydrogens (tertiary/aromatic N) is 1. The molecule has 0 aromatic heterocycles. The third-order valence-electron chi connectivity index (χ3n) is 2.83. The van der Waals surface area contributed by atoms with Crippen molar-refractivity contribution in [3.8, 4) is 0 Å². The van der Waals surface area contributed by atoms with Crippen LogP contribution in [0.25, 0.3) is 0 Å². The van der Waals surface area contributed by atoms with Gasteiger partial charge in [-0.25, -0.2) is 17.2 Å². The zero-order valence-electron chi connectivity index (χ0n) is 9.97. The number of thioether (sulfide) groups is 1. The number of aliphatic hydroxyl groups excluding tert-OH is 1. The minimum absolute atomic E-state index is 0.0314. The molecule has 1 aromatic carbocycles. The van der Waals surface area contributed by atoms with Gasteiger partial charge in [0, 0.05) is 24.6 Å². The molecule has 8 heteroatoms. The second kappa shape index (κ2) is 5.74. The van der Waals surface area contributed by atoms with Gasteiger partial charge >= 0.3 is 0 Å². The largest absolute Gasteiger partial charge is 0.392 e. The quantitative estimate of drug-likeness (QED) is 0.911. The van der Waals surface area contributed by atoms with E-state index in [4.69, 9.17) is 5.11 Å². The molecule has 19 heavy (non-hydrogen) atoms. The Morgan fingerprint density at radius 2 is 1.89 bits per heavy atom. The highest BCUT2D eigenvalue weighted by molar-refractivity contribution is 7.99. The zero-order chi connectivity index (χ0) is 14.0. The van der Waals surface area contributed by atoms with Crippen LogP contribution in [-0.4, -0.2) is 42.4 Å². The Morgan fingerprint density at radius 1 is 1.26 bits per heavy atom. The molecule has 0 spiro atoms. The zero-order valence-corrected chi connectivity index (χ0v) is 11.6. The summed E-state index contributed by atoms with van der Waals surface area (Å²) in [6, 6.07) is 1.77. The van der Waals surface area contributed by atoms with Crippen molar-refractivity contribution in [2.75, 3.05) is 24.6 Å². The van der Waals surface area contributed by atoms with E-state index in [0.717, 1.165) is 16.4 Å². The van der Waals surface area contributed by atoms with E-state index < -0.39 is 33.2 Å². The lowest BCUT2D eigenvalue weighted by atomic mass is 10.2. The summed E-state index contributed by atoms with van der Waals surface area (Å²) in [4.78, 5) is -0.705. The topological polar surface area (TPSA) is 57.6 Å². The maximum atomic E-state index is 13.7. The lowest BCUT2D eigenvalue weighted by Crippen LogP contribution is -2.38. The highest BCUT2D eigenvalue weighted by atomic mass is 32.2. The van der Waals surface area contributed by atoms with Gasteiger partial charge in [0.05, 0.1) is 6.61 Å². The Morgan fingerprint density at radius 3 is 2.47 bits per heavy atom. The Hall–Kier alpha value is -0.700. The summed E-state index contributed by atoms with van der Waals surface area (Å²) in [5.41, 5.74) is 0.0314. The van der Waals surface area contributed by atoms with Crippen LogP contribution in [0.15, 0.2) is 17.0 Å². The summed E-state index contributed by atoms with van der Waals surface area (Å²) in [5, 5.41) is 8.95.